The van der Waals surface area contributed by atoms with Crippen molar-refractivity contribution in [1.82, 2.24) is 10.2 Å². The number of anilines is 1. The van der Waals surface area contributed by atoms with Crippen molar-refractivity contribution in [2.45, 2.75) is 52.6 Å². The van der Waals surface area contributed by atoms with E-state index < -0.39 is 28.5 Å². The number of carbonyl (C=O) groups is 2. The number of benzene rings is 2. The molecule has 0 aromatic heterocycles. The first kappa shape index (κ1) is 27.3. The van der Waals surface area contributed by atoms with Crippen molar-refractivity contribution in [2.75, 3.05) is 29.9 Å². The summed E-state index contributed by atoms with van der Waals surface area (Å²) in [5.41, 5.74) is 1.31. The van der Waals surface area contributed by atoms with Gasteiger partial charge in [0.1, 0.15) is 12.6 Å². The first-order valence-electron chi connectivity index (χ1n) is 12.2. The van der Waals surface area contributed by atoms with Crippen LogP contribution in [0.5, 0.6) is 11.5 Å². The highest BCUT2D eigenvalue weighted by atomic mass is 32.2. The molecule has 1 aliphatic heterocycles. The van der Waals surface area contributed by atoms with Gasteiger partial charge in [0.25, 0.3) is 0 Å². The van der Waals surface area contributed by atoms with Crippen molar-refractivity contribution < 1.29 is 27.5 Å². The lowest BCUT2D eigenvalue weighted by Gasteiger charge is -2.32. The highest BCUT2D eigenvalue weighted by molar-refractivity contribution is 7.92. The first-order chi connectivity index (χ1) is 17.2. The van der Waals surface area contributed by atoms with Gasteiger partial charge in [-0.3, -0.25) is 13.9 Å². The molecule has 10 heteroatoms. The van der Waals surface area contributed by atoms with Crippen molar-refractivity contribution in [3.8, 4) is 11.5 Å². The lowest BCUT2D eigenvalue weighted by molar-refractivity contribution is -0.139. The Balaban J connectivity index is 1.88. The maximum Gasteiger partial charge on any atom is 0.244 e. The summed E-state index contributed by atoms with van der Waals surface area (Å²) in [4.78, 5) is 28.0. The molecule has 3 rings (SSSR count). The summed E-state index contributed by atoms with van der Waals surface area (Å²) in [6.45, 7) is 6.93. The Hall–Kier alpha value is -3.27. The van der Waals surface area contributed by atoms with E-state index in [1.54, 1.807) is 25.1 Å². The maximum atomic E-state index is 13.6. The SMILES string of the molecule is CC[C@@H](C)NC(=O)[C@H](C)N(CCc1ccccc1)C(=O)CN(c1ccc2c(c1)OCO2)S(=O)(=O)CC. The zero-order valence-corrected chi connectivity index (χ0v) is 22.1. The average molecular weight is 518 g/mol. The van der Waals surface area contributed by atoms with Crippen LogP contribution in [0.15, 0.2) is 48.5 Å². The molecule has 0 bridgehead atoms. The Morgan fingerprint density at radius 3 is 2.39 bits per heavy atom. The molecule has 9 nitrogen and oxygen atoms in total. The van der Waals surface area contributed by atoms with Gasteiger partial charge in [-0.1, -0.05) is 37.3 Å². The van der Waals surface area contributed by atoms with E-state index in [0.29, 0.717) is 23.6 Å². The number of ether oxygens (including phenoxy) is 2. The second kappa shape index (κ2) is 12.1. The van der Waals surface area contributed by atoms with E-state index in [1.165, 1.54) is 11.8 Å². The van der Waals surface area contributed by atoms with Crippen molar-refractivity contribution >= 4 is 27.5 Å². The number of hydrogen-bond donors (Lipinski definition) is 1. The summed E-state index contributed by atoms with van der Waals surface area (Å²) in [5, 5.41) is 2.92. The van der Waals surface area contributed by atoms with Gasteiger partial charge in [-0.05, 0) is 51.3 Å². The van der Waals surface area contributed by atoms with E-state index in [9.17, 15) is 18.0 Å². The van der Waals surface area contributed by atoms with Crippen LogP contribution in [0.3, 0.4) is 0 Å². The van der Waals surface area contributed by atoms with Gasteiger partial charge in [0.05, 0.1) is 11.4 Å². The number of nitrogens with zero attached hydrogens (tertiary/aromatic N) is 2. The summed E-state index contributed by atoms with van der Waals surface area (Å²) in [7, 11) is -3.81. The van der Waals surface area contributed by atoms with Gasteiger partial charge in [0.2, 0.25) is 28.6 Å². The standard InChI is InChI=1S/C26H35N3O6S/c1-5-19(3)27-26(31)20(4)28(15-14-21-10-8-7-9-11-21)25(30)17-29(36(32,33)6-2)22-12-13-23-24(16-22)35-18-34-23/h7-13,16,19-20H,5-6,14-15,17-18H2,1-4H3,(H,27,31)/t19-,20+/m1/s1. The molecule has 36 heavy (non-hydrogen) atoms. The number of sulfonamides is 1. The molecular weight excluding hydrogens is 482 g/mol. The molecule has 2 aromatic carbocycles. The molecule has 1 aliphatic rings. The highest BCUT2D eigenvalue weighted by Crippen LogP contribution is 2.36. The fourth-order valence-electron chi connectivity index (χ4n) is 3.80. The van der Waals surface area contributed by atoms with Crippen LogP contribution in [0.25, 0.3) is 0 Å². The smallest absolute Gasteiger partial charge is 0.244 e. The van der Waals surface area contributed by atoms with Gasteiger partial charge < -0.3 is 19.7 Å². The van der Waals surface area contributed by atoms with E-state index >= 15 is 0 Å². The second-order valence-corrected chi connectivity index (χ2v) is 10.9. The number of nitrogens with one attached hydrogen (secondary N) is 1. The van der Waals surface area contributed by atoms with Crippen LogP contribution in [0.4, 0.5) is 5.69 Å². The predicted octanol–water partition coefficient (Wildman–Crippen LogP) is 2.95. The molecular formula is C26H35N3O6S. The highest BCUT2D eigenvalue weighted by Gasteiger charge is 2.31. The lowest BCUT2D eigenvalue weighted by Crippen LogP contribution is -2.53. The topological polar surface area (TPSA) is 105 Å². The predicted molar refractivity (Wildman–Crippen MR) is 139 cm³/mol. The molecule has 1 heterocycles. The number of fused-ring (bicyclic) bond motifs is 1. The minimum Gasteiger partial charge on any atom is -0.454 e. The van der Waals surface area contributed by atoms with Crippen LogP contribution in [0, 0.1) is 0 Å². The van der Waals surface area contributed by atoms with Crippen LogP contribution in [-0.4, -0.2) is 62.9 Å². The van der Waals surface area contributed by atoms with Crippen LogP contribution in [0.1, 0.15) is 39.7 Å². The summed E-state index contributed by atoms with van der Waals surface area (Å²) < 4.78 is 37.9. The molecule has 2 aromatic rings. The van der Waals surface area contributed by atoms with Gasteiger partial charge in [0, 0.05) is 18.7 Å². The van der Waals surface area contributed by atoms with Gasteiger partial charge in [-0.15, -0.1) is 0 Å². The third-order valence-corrected chi connectivity index (χ3v) is 8.02. The molecule has 0 spiro atoms. The third-order valence-electron chi connectivity index (χ3n) is 6.28. The first-order valence-corrected chi connectivity index (χ1v) is 13.8. The lowest BCUT2D eigenvalue weighted by atomic mass is 10.1. The molecule has 0 fully saturated rings. The number of carbonyl (C=O) groups excluding carboxylic acids is 2. The van der Waals surface area contributed by atoms with Crippen molar-refractivity contribution in [1.29, 1.82) is 0 Å². The van der Waals surface area contributed by atoms with Crippen molar-refractivity contribution in [3.63, 3.8) is 0 Å². The zero-order valence-electron chi connectivity index (χ0n) is 21.3. The molecule has 0 saturated heterocycles. The molecule has 196 valence electrons. The van der Waals surface area contributed by atoms with E-state index in [1.807, 2.05) is 44.2 Å². The van der Waals surface area contributed by atoms with Gasteiger partial charge in [-0.2, -0.15) is 0 Å². The number of hydrogen-bond acceptors (Lipinski definition) is 6. The Labute approximate surface area is 213 Å². The second-order valence-electron chi connectivity index (χ2n) is 8.76. The summed E-state index contributed by atoms with van der Waals surface area (Å²) in [6.07, 6.45) is 1.28. The monoisotopic (exact) mass is 517 g/mol. The van der Waals surface area contributed by atoms with Crippen LogP contribution in [-0.2, 0) is 26.0 Å². The van der Waals surface area contributed by atoms with Crippen LogP contribution in [0.2, 0.25) is 0 Å². The quantitative estimate of drug-likeness (QED) is 0.464. The average Bonchev–Trinajstić information content (AvgIpc) is 3.35. The largest absolute Gasteiger partial charge is 0.454 e. The van der Waals surface area contributed by atoms with Crippen molar-refractivity contribution in [3.05, 3.63) is 54.1 Å². The molecule has 0 aliphatic carbocycles. The Morgan fingerprint density at radius 1 is 1.03 bits per heavy atom. The molecule has 0 unspecified atom stereocenters. The van der Waals surface area contributed by atoms with Crippen LogP contribution < -0.4 is 19.1 Å². The van der Waals surface area contributed by atoms with E-state index in [2.05, 4.69) is 5.32 Å². The molecule has 2 atom stereocenters. The van der Waals surface area contributed by atoms with Gasteiger partial charge >= 0.3 is 0 Å². The summed E-state index contributed by atoms with van der Waals surface area (Å²) >= 11 is 0. The zero-order chi connectivity index (χ0) is 26.3. The number of rotatable bonds is 12. The van der Waals surface area contributed by atoms with E-state index in [-0.39, 0.29) is 31.0 Å². The fraction of sp³-hybridized carbons (Fsp3) is 0.462. The third kappa shape index (κ3) is 6.69. The summed E-state index contributed by atoms with van der Waals surface area (Å²) in [5.74, 6) is -0.00797. The Kier molecular flexibility index (Phi) is 9.19. The molecule has 0 saturated carbocycles. The number of amides is 2. The van der Waals surface area contributed by atoms with Crippen molar-refractivity contribution in [2.24, 2.45) is 0 Å². The van der Waals surface area contributed by atoms with Gasteiger partial charge in [-0.25, -0.2) is 8.42 Å². The van der Waals surface area contributed by atoms with Crippen LogP contribution >= 0.6 is 0 Å². The minimum atomic E-state index is -3.81. The Morgan fingerprint density at radius 2 is 1.72 bits per heavy atom. The molecule has 0 radical (unpaired) electrons. The summed E-state index contributed by atoms with van der Waals surface area (Å²) in [6, 6.07) is 13.6. The van der Waals surface area contributed by atoms with E-state index in [0.717, 1.165) is 16.3 Å². The van der Waals surface area contributed by atoms with E-state index in [4.69, 9.17) is 9.47 Å². The Bertz CT molecular complexity index is 1160. The van der Waals surface area contributed by atoms with Gasteiger partial charge in [0.15, 0.2) is 11.5 Å². The normalized spacial score (nSPS) is 14.1. The maximum absolute atomic E-state index is 13.6. The molecule has 2 amide bonds. The fourth-order valence-corrected chi connectivity index (χ4v) is 4.85. The minimum absolute atomic E-state index is 0.0448. The molecule has 1 N–H and O–H groups in total.